The van der Waals surface area contributed by atoms with Crippen LogP contribution in [0.3, 0.4) is 0 Å². The van der Waals surface area contributed by atoms with Crippen molar-refractivity contribution in [3.63, 3.8) is 0 Å². The summed E-state index contributed by atoms with van der Waals surface area (Å²) >= 11 is 13.5. The highest BCUT2D eigenvalue weighted by Gasteiger charge is 2.17. The number of nitrogens with one attached hydrogen (secondary N) is 1. The molecule has 0 atom stereocenters. The van der Waals surface area contributed by atoms with Crippen molar-refractivity contribution < 1.29 is 4.79 Å². The molecule has 0 unspecified atom stereocenters. The Morgan fingerprint density at radius 1 is 1.14 bits per heavy atom. The fraction of sp³-hybridized carbons (Fsp3) is 0. The van der Waals surface area contributed by atoms with E-state index in [4.69, 9.17) is 28.9 Å². The van der Waals surface area contributed by atoms with E-state index >= 15 is 0 Å². The maximum absolute atomic E-state index is 12.4. The molecular formula is C15H10Cl2N2OS. The Kier molecular flexibility index (Phi) is 3.76. The van der Waals surface area contributed by atoms with E-state index in [1.807, 2.05) is 24.3 Å². The zero-order valence-corrected chi connectivity index (χ0v) is 13.0. The van der Waals surface area contributed by atoms with Gasteiger partial charge in [0.25, 0.3) is 5.91 Å². The number of benzene rings is 2. The zero-order valence-electron chi connectivity index (χ0n) is 10.7. The van der Waals surface area contributed by atoms with Crippen molar-refractivity contribution in [1.82, 2.24) is 0 Å². The predicted molar refractivity (Wildman–Crippen MR) is 90.7 cm³/mol. The molecule has 0 bridgehead atoms. The molecule has 3 N–H and O–H groups in total. The van der Waals surface area contributed by atoms with E-state index in [-0.39, 0.29) is 5.91 Å². The van der Waals surface area contributed by atoms with Crippen molar-refractivity contribution >= 4 is 61.9 Å². The van der Waals surface area contributed by atoms with E-state index < -0.39 is 0 Å². The summed E-state index contributed by atoms with van der Waals surface area (Å²) in [6.45, 7) is 0. The molecule has 1 aromatic heterocycles. The van der Waals surface area contributed by atoms with E-state index in [1.54, 1.807) is 18.2 Å². The first-order valence-corrected chi connectivity index (χ1v) is 7.67. The van der Waals surface area contributed by atoms with Gasteiger partial charge in [0.15, 0.2) is 0 Å². The maximum atomic E-state index is 12.4. The summed E-state index contributed by atoms with van der Waals surface area (Å²) in [7, 11) is 0. The summed E-state index contributed by atoms with van der Waals surface area (Å²) in [4.78, 5) is 12.8. The van der Waals surface area contributed by atoms with Crippen LogP contribution in [-0.2, 0) is 0 Å². The largest absolute Gasteiger partial charge is 0.397 e. The number of nitrogen functional groups attached to an aromatic ring is 1. The van der Waals surface area contributed by atoms with Crippen molar-refractivity contribution in [3.8, 4) is 0 Å². The number of anilines is 2. The normalized spacial score (nSPS) is 10.8. The van der Waals surface area contributed by atoms with Crippen molar-refractivity contribution in [2.24, 2.45) is 0 Å². The molecule has 1 amide bonds. The summed E-state index contributed by atoms with van der Waals surface area (Å²) in [5.74, 6) is -0.282. The van der Waals surface area contributed by atoms with Gasteiger partial charge in [-0.2, -0.15) is 0 Å². The van der Waals surface area contributed by atoms with E-state index in [0.29, 0.717) is 26.3 Å². The van der Waals surface area contributed by atoms with Crippen molar-refractivity contribution in [1.29, 1.82) is 0 Å². The molecule has 0 spiro atoms. The molecule has 6 heteroatoms. The van der Waals surface area contributed by atoms with Crippen LogP contribution < -0.4 is 11.1 Å². The van der Waals surface area contributed by atoms with Gasteiger partial charge in [-0.1, -0.05) is 41.4 Å². The molecule has 0 saturated heterocycles. The number of hydrogen-bond donors (Lipinski definition) is 2. The average Bonchev–Trinajstić information content (AvgIpc) is 2.80. The lowest BCUT2D eigenvalue weighted by Crippen LogP contribution is -2.12. The number of halogens is 2. The number of amides is 1. The number of thiophene rings is 1. The Morgan fingerprint density at radius 3 is 2.62 bits per heavy atom. The van der Waals surface area contributed by atoms with E-state index in [0.717, 1.165) is 10.1 Å². The maximum Gasteiger partial charge on any atom is 0.267 e. The summed E-state index contributed by atoms with van der Waals surface area (Å²) in [5, 5.41) is 4.61. The van der Waals surface area contributed by atoms with Crippen LogP contribution in [0.15, 0.2) is 42.5 Å². The molecule has 2 aromatic carbocycles. The van der Waals surface area contributed by atoms with Gasteiger partial charge in [0, 0.05) is 15.1 Å². The first-order chi connectivity index (χ1) is 10.1. The van der Waals surface area contributed by atoms with Crippen LogP contribution in [0.5, 0.6) is 0 Å². The Bertz CT molecular complexity index is 845. The van der Waals surface area contributed by atoms with Gasteiger partial charge in [-0.25, -0.2) is 0 Å². The number of fused-ring (bicyclic) bond motifs is 1. The molecule has 1 heterocycles. The highest BCUT2D eigenvalue weighted by Crippen LogP contribution is 2.35. The average molecular weight is 337 g/mol. The van der Waals surface area contributed by atoms with Crippen LogP contribution in [0.2, 0.25) is 10.0 Å². The Morgan fingerprint density at radius 2 is 1.90 bits per heavy atom. The van der Waals surface area contributed by atoms with Gasteiger partial charge in [-0.3, -0.25) is 4.79 Å². The van der Waals surface area contributed by atoms with Gasteiger partial charge in [0.2, 0.25) is 0 Å². The third kappa shape index (κ3) is 2.70. The van der Waals surface area contributed by atoms with Crippen LogP contribution >= 0.6 is 34.5 Å². The molecular weight excluding hydrogens is 327 g/mol. The highest BCUT2D eigenvalue weighted by atomic mass is 35.5. The third-order valence-electron chi connectivity index (χ3n) is 3.00. The monoisotopic (exact) mass is 336 g/mol. The second-order valence-electron chi connectivity index (χ2n) is 4.43. The quantitative estimate of drug-likeness (QED) is 0.644. The lowest BCUT2D eigenvalue weighted by molar-refractivity contribution is 0.103. The standard InChI is InChI=1S/C15H10Cl2N2OS/c16-8-5-6-11(10(18)7-8)19-15(20)14-13(17)9-3-1-2-4-12(9)21-14/h1-7H,18H2,(H,19,20). The lowest BCUT2D eigenvalue weighted by Gasteiger charge is -2.07. The van der Waals surface area contributed by atoms with Crippen LogP contribution in [0.1, 0.15) is 9.67 Å². The van der Waals surface area contributed by atoms with Gasteiger partial charge in [-0.05, 0) is 24.3 Å². The smallest absolute Gasteiger partial charge is 0.267 e. The molecule has 106 valence electrons. The van der Waals surface area contributed by atoms with Crippen molar-refractivity contribution in [2.45, 2.75) is 0 Å². The summed E-state index contributed by atoms with van der Waals surface area (Å²) in [5.41, 5.74) is 6.75. The van der Waals surface area contributed by atoms with E-state index in [9.17, 15) is 4.79 Å². The number of nitrogens with two attached hydrogens (primary N) is 1. The first kappa shape index (κ1) is 14.2. The molecule has 21 heavy (non-hydrogen) atoms. The van der Waals surface area contributed by atoms with Gasteiger partial charge in [0.05, 0.1) is 16.4 Å². The van der Waals surface area contributed by atoms with Crippen LogP contribution in [-0.4, -0.2) is 5.91 Å². The predicted octanol–water partition coefficient (Wildman–Crippen LogP) is 5.04. The molecule has 0 radical (unpaired) electrons. The fourth-order valence-corrected chi connectivity index (χ4v) is 3.58. The van der Waals surface area contributed by atoms with Gasteiger partial charge < -0.3 is 11.1 Å². The number of hydrogen-bond acceptors (Lipinski definition) is 3. The molecule has 0 saturated carbocycles. The Balaban J connectivity index is 1.95. The SMILES string of the molecule is Nc1cc(Cl)ccc1NC(=O)c1sc2ccccc2c1Cl. The molecule has 0 aliphatic rings. The first-order valence-electron chi connectivity index (χ1n) is 6.09. The van der Waals surface area contributed by atoms with Gasteiger partial charge in [-0.15, -0.1) is 11.3 Å². The molecule has 3 aromatic rings. The lowest BCUT2D eigenvalue weighted by atomic mass is 10.2. The second-order valence-corrected chi connectivity index (χ2v) is 6.29. The van der Waals surface area contributed by atoms with Crippen LogP contribution in [0, 0.1) is 0 Å². The molecule has 0 fully saturated rings. The molecule has 0 aliphatic carbocycles. The van der Waals surface area contributed by atoms with Crippen molar-refractivity contribution in [3.05, 3.63) is 57.4 Å². The minimum Gasteiger partial charge on any atom is -0.397 e. The molecule has 0 aliphatic heterocycles. The fourth-order valence-electron chi connectivity index (χ4n) is 1.99. The second kappa shape index (κ2) is 5.56. The Labute approximate surface area is 135 Å². The highest BCUT2D eigenvalue weighted by molar-refractivity contribution is 7.21. The minimum atomic E-state index is -0.282. The van der Waals surface area contributed by atoms with Crippen LogP contribution in [0.4, 0.5) is 11.4 Å². The number of rotatable bonds is 2. The minimum absolute atomic E-state index is 0.282. The Hall–Kier alpha value is -1.75. The topological polar surface area (TPSA) is 55.1 Å². The number of carbonyl (C=O) groups excluding carboxylic acids is 1. The van der Waals surface area contributed by atoms with Crippen molar-refractivity contribution in [2.75, 3.05) is 11.1 Å². The van der Waals surface area contributed by atoms with E-state index in [1.165, 1.54) is 11.3 Å². The van der Waals surface area contributed by atoms with Crippen LogP contribution in [0.25, 0.3) is 10.1 Å². The zero-order chi connectivity index (χ0) is 15.0. The third-order valence-corrected chi connectivity index (χ3v) is 4.91. The molecule has 3 rings (SSSR count). The summed E-state index contributed by atoms with van der Waals surface area (Å²) in [6, 6.07) is 12.5. The molecule has 3 nitrogen and oxygen atoms in total. The number of carbonyl (C=O) groups is 1. The summed E-state index contributed by atoms with van der Waals surface area (Å²) < 4.78 is 0.969. The summed E-state index contributed by atoms with van der Waals surface area (Å²) in [6.07, 6.45) is 0. The van der Waals surface area contributed by atoms with E-state index in [2.05, 4.69) is 5.32 Å². The van der Waals surface area contributed by atoms with Gasteiger partial charge >= 0.3 is 0 Å². The van der Waals surface area contributed by atoms with Gasteiger partial charge in [0.1, 0.15) is 4.88 Å².